The molecule has 4 rings (SSSR count). The van der Waals surface area contributed by atoms with Crippen molar-refractivity contribution in [2.45, 2.75) is 6.18 Å². The van der Waals surface area contributed by atoms with Crippen molar-refractivity contribution in [2.24, 2.45) is 0 Å². The largest absolute Gasteiger partial charge is 0.478 e. The molecular formula is C17H9F4N5O2. The Morgan fingerprint density at radius 3 is 2.68 bits per heavy atom. The van der Waals surface area contributed by atoms with Crippen molar-refractivity contribution < 1.29 is 27.5 Å². The van der Waals surface area contributed by atoms with E-state index in [-0.39, 0.29) is 33.8 Å². The summed E-state index contributed by atoms with van der Waals surface area (Å²) in [6, 6.07) is 2.04. The SMILES string of the molecule is O=C(O)c1c[nH]c2ncc(-c3cn(-c4cc(C(F)(F)F)ccc4F)cn3)nc12. The number of aromatic nitrogens is 5. The van der Waals surface area contributed by atoms with E-state index in [1.165, 1.54) is 18.6 Å². The number of halogens is 4. The second-order valence-electron chi connectivity index (χ2n) is 5.79. The number of aromatic carboxylic acids is 1. The average molecular weight is 391 g/mol. The number of carboxylic acid groups (broad SMARTS) is 1. The normalized spacial score (nSPS) is 11.9. The summed E-state index contributed by atoms with van der Waals surface area (Å²) < 4.78 is 53.8. The fourth-order valence-corrected chi connectivity index (χ4v) is 2.65. The highest BCUT2D eigenvalue weighted by atomic mass is 19.4. The molecule has 0 atom stereocenters. The van der Waals surface area contributed by atoms with E-state index in [4.69, 9.17) is 5.11 Å². The van der Waals surface area contributed by atoms with Crippen LogP contribution in [-0.4, -0.2) is 35.6 Å². The minimum Gasteiger partial charge on any atom is -0.478 e. The smallest absolute Gasteiger partial charge is 0.416 e. The lowest BCUT2D eigenvalue weighted by atomic mass is 10.2. The molecule has 0 amide bonds. The van der Waals surface area contributed by atoms with Gasteiger partial charge in [0.2, 0.25) is 0 Å². The van der Waals surface area contributed by atoms with Crippen LogP contribution in [-0.2, 0) is 6.18 Å². The van der Waals surface area contributed by atoms with Crippen LogP contribution in [0.1, 0.15) is 15.9 Å². The molecule has 0 fully saturated rings. The Labute approximate surface area is 153 Å². The lowest BCUT2D eigenvalue weighted by Crippen LogP contribution is -2.07. The number of benzene rings is 1. The number of imidazole rings is 1. The summed E-state index contributed by atoms with van der Waals surface area (Å²) >= 11 is 0. The molecular weight excluding hydrogens is 382 g/mol. The molecule has 0 spiro atoms. The molecule has 7 nitrogen and oxygen atoms in total. The molecule has 0 unspecified atom stereocenters. The maximum absolute atomic E-state index is 14.1. The Bertz CT molecular complexity index is 1210. The van der Waals surface area contributed by atoms with Crippen LogP contribution in [0.5, 0.6) is 0 Å². The highest BCUT2D eigenvalue weighted by molar-refractivity contribution is 6.00. The number of nitrogens with one attached hydrogen (secondary N) is 1. The van der Waals surface area contributed by atoms with Crippen molar-refractivity contribution >= 4 is 17.1 Å². The summed E-state index contributed by atoms with van der Waals surface area (Å²) in [5.74, 6) is -2.06. The molecule has 4 aromatic rings. The summed E-state index contributed by atoms with van der Waals surface area (Å²) in [5, 5.41) is 9.17. The molecule has 3 heterocycles. The van der Waals surface area contributed by atoms with Gasteiger partial charge in [0, 0.05) is 12.4 Å². The van der Waals surface area contributed by atoms with Gasteiger partial charge in [-0.1, -0.05) is 0 Å². The Morgan fingerprint density at radius 2 is 1.96 bits per heavy atom. The third-order valence-corrected chi connectivity index (χ3v) is 4.01. The molecule has 0 radical (unpaired) electrons. The van der Waals surface area contributed by atoms with E-state index in [1.54, 1.807) is 0 Å². The van der Waals surface area contributed by atoms with Gasteiger partial charge in [0.25, 0.3) is 0 Å². The van der Waals surface area contributed by atoms with Gasteiger partial charge in [0.15, 0.2) is 5.65 Å². The highest BCUT2D eigenvalue weighted by Crippen LogP contribution is 2.31. The summed E-state index contributed by atoms with van der Waals surface area (Å²) in [7, 11) is 0. The first-order valence-electron chi connectivity index (χ1n) is 7.73. The van der Waals surface area contributed by atoms with E-state index in [2.05, 4.69) is 19.9 Å². The second-order valence-corrected chi connectivity index (χ2v) is 5.79. The van der Waals surface area contributed by atoms with E-state index in [1.807, 2.05) is 0 Å². The number of aromatic amines is 1. The first-order valence-corrected chi connectivity index (χ1v) is 7.73. The lowest BCUT2D eigenvalue weighted by Gasteiger charge is -2.10. The highest BCUT2D eigenvalue weighted by Gasteiger charge is 2.31. The molecule has 0 aliphatic heterocycles. The Morgan fingerprint density at radius 1 is 1.18 bits per heavy atom. The van der Waals surface area contributed by atoms with Crippen LogP contribution in [0.15, 0.2) is 43.1 Å². The molecule has 0 aliphatic rings. The number of hydrogen-bond acceptors (Lipinski definition) is 4. The van der Waals surface area contributed by atoms with Gasteiger partial charge in [-0.3, -0.25) is 0 Å². The Kier molecular flexibility index (Phi) is 3.87. The monoisotopic (exact) mass is 391 g/mol. The number of H-pyrrole nitrogens is 1. The van der Waals surface area contributed by atoms with Gasteiger partial charge < -0.3 is 14.7 Å². The zero-order valence-corrected chi connectivity index (χ0v) is 13.7. The van der Waals surface area contributed by atoms with Crippen LogP contribution in [0.2, 0.25) is 0 Å². The standard InChI is InChI=1S/C17H9F4N5O2/c18-10-2-1-8(17(19,20)21)3-13(10)26-6-12(24-7-26)11-5-23-15-14(25-11)9(4-22-15)16(27)28/h1-7H,(H,22,23)(H,27,28). The first-order chi connectivity index (χ1) is 13.2. The van der Waals surface area contributed by atoms with Crippen molar-refractivity contribution in [2.75, 3.05) is 0 Å². The van der Waals surface area contributed by atoms with E-state index < -0.39 is 23.5 Å². The van der Waals surface area contributed by atoms with Crippen LogP contribution in [0.4, 0.5) is 17.6 Å². The molecule has 0 aliphatic carbocycles. The van der Waals surface area contributed by atoms with Gasteiger partial charge >= 0.3 is 12.1 Å². The van der Waals surface area contributed by atoms with Gasteiger partial charge in [0.05, 0.1) is 17.4 Å². The third-order valence-electron chi connectivity index (χ3n) is 4.01. The number of carbonyl (C=O) groups is 1. The number of nitrogens with zero attached hydrogens (tertiary/aromatic N) is 4. The van der Waals surface area contributed by atoms with Crippen LogP contribution < -0.4 is 0 Å². The minimum atomic E-state index is -4.62. The average Bonchev–Trinajstić information content (AvgIpc) is 3.27. The molecule has 28 heavy (non-hydrogen) atoms. The quantitative estimate of drug-likeness (QED) is 0.520. The van der Waals surface area contributed by atoms with Crippen molar-refractivity contribution in [3.8, 4) is 17.1 Å². The topological polar surface area (TPSA) is 96.7 Å². The van der Waals surface area contributed by atoms with Crippen molar-refractivity contribution in [3.05, 3.63) is 60.1 Å². The zero-order chi connectivity index (χ0) is 20.1. The van der Waals surface area contributed by atoms with Crippen molar-refractivity contribution in [3.63, 3.8) is 0 Å². The number of alkyl halides is 3. The maximum Gasteiger partial charge on any atom is 0.416 e. The van der Waals surface area contributed by atoms with E-state index in [9.17, 15) is 22.4 Å². The minimum absolute atomic E-state index is 0.0901. The van der Waals surface area contributed by atoms with Crippen LogP contribution in [0, 0.1) is 5.82 Å². The predicted octanol–water partition coefficient (Wildman–Crippen LogP) is 3.67. The second kappa shape index (κ2) is 6.15. The fraction of sp³-hybridized carbons (Fsp3) is 0.0588. The summed E-state index contributed by atoms with van der Waals surface area (Å²) in [6.07, 6.45) is 0.355. The maximum atomic E-state index is 14.1. The first kappa shape index (κ1) is 17.6. The van der Waals surface area contributed by atoms with E-state index in [0.717, 1.165) is 17.0 Å². The molecule has 142 valence electrons. The van der Waals surface area contributed by atoms with Gasteiger partial charge in [-0.05, 0) is 18.2 Å². The van der Waals surface area contributed by atoms with Gasteiger partial charge in [-0.25, -0.2) is 24.1 Å². The summed E-state index contributed by atoms with van der Waals surface area (Å²) in [6.45, 7) is 0. The van der Waals surface area contributed by atoms with E-state index >= 15 is 0 Å². The molecule has 2 N–H and O–H groups in total. The molecule has 0 saturated carbocycles. The van der Waals surface area contributed by atoms with Crippen LogP contribution in [0.3, 0.4) is 0 Å². The number of hydrogen-bond donors (Lipinski definition) is 2. The fourth-order valence-electron chi connectivity index (χ4n) is 2.65. The predicted molar refractivity (Wildman–Crippen MR) is 88.4 cm³/mol. The summed E-state index contributed by atoms with van der Waals surface area (Å²) in [4.78, 5) is 26.2. The molecule has 0 saturated heterocycles. The lowest BCUT2D eigenvalue weighted by molar-refractivity contribution is -0.137. The number of fused-ring (bicyclic) bond motifs is 1. The number of rotatable bonds is 3. The Hall–Kier alpha value is -3.76. The number of carboxylic acids is 1. The van der Waals surface area contributed by atoms with Gasteiger partial charge in [-0.2, -0.15) is 13.2 Å². The molecule has 11 heteroatoms. The van der Waals surface area contributed by atoms with Gasteiger partial charge in [-0.15, -0.1) is 0 Å². The third kappa shape index (κ3) is 2.96. The van der Waals surface area contributed by atoms with E-state index in [0.29, 0.717) is 12.1 Å². The summed E-state index contributed by atoms with van der Waals surface area (Å²) in [5.41, 5.74) is -0.708. The van der Waals surface area contributed by atoms with Crippen LogP contribution in [0.25, 0.3) is 28.2 Å². The van der Waals surface area contributed by atoms with Crippen molar-refractivity contribution in [1.29, 1.82) is 0 Å². The molecule has 1 aromatic carbocycles. The molecule has 0 bridgehead atoms. The van der Waals surface area contributed by atoms with Crippen molar-refractivity contribution in [1.82, 2.24) is 24.5 Å². The molecule has 3 aromatic heterocycles. The van der Waals surface area contributed by atoms with Gasteiger partial charge in [0.1, 0.15) is 34.6 Å². The zero-order valence-electron chi connectivity index (χ0n) is 13.7. The van der Waals surface area contributed by atoms with Crippen LogP contribution >= 0.6 is 0 Å². The Balaban J connectivity index is 1.77.